The normalized spacial score (nSPS) is 10.2. The second-order valence-corrected chi connectivity index (χ2v) is 5.82. The van der Waals surface area contributed by atoms with Gasteiger partial charge in [0.1, 0.15) is 0 Å². The van der Waals surface area contributed by atoms with Crippen molar-refractivity contribution in [3.8, 4) is 0 Å². The van der Waals surface area contributed by atoms with E-state index in [9.17, 15) is 9.59 Å². The van der Waals surface area contributed by atoms with Crippen molar-refractivity contribution in [2.45, 2.75) is 6.42 Å². The zero-order chi connectivity index (χ0) is 18.4. The van der Waals surface area contributed by atoms with E-state index in [0.29, 0.717) is 22.6 Å². The summed E-state index contributed by atoms with van der Waals surface area (Å²) in [5.41, 5.74) is 8.95. The largest absolute Gasteiger partial charge is 0.398 e. The second kappa shape index (κ2) is 7.98. The number of rotatable bonds is 5. The van der Waals surface area contributed by atoms with E-state index in [1.54, 1.807) is 30.3 Å². The van der Waals surface area contributed by atoms with Gasteiger partial charge >= 0.3 is 0 Å². The molecule has 2 amide bonds. The molecule has 4 N–H and O–H groups in total. The van der Waals surface area contributed by atoms with Crippen molar-refractivity contribution in [2.75, 3.05) is 16.4 Å². The Kier molecular flexibility index (Phi) is 5.29. The minimum Gasteiger partial charge on any atom is -0.398 e. The summed E-state index contributed by atoms with van der Waals surface area (Å²) >= 11 is 0. The first kappa shape index (κ1) is 17.2. The van der Waals surface area contributed by atoms with Crippen LogP contribution in [0.4, 0.5) is 17.1 Å². The Hall–Kier alpha value is -3.60. The minimum atomic E-state index is -0.236. The molecule has 3 aromatic rings. The molecule has 0 aliphatic rings. The Bertz CT molecular complexity index is 923. The number of nitrogens with one attached hydrogen (secondary N) is 2. The molecule has 0 spiro atoms. The highest BCUT2D eigenvalue weighted by molar-refractivity contribution is 6.05. The standard InChI is InChI=1S/C21H19N3O2/c22-19-12-5-4-7-15(19)14-20(25)23-18-11-6-8-16(13-18)21(26)24-17-9-2-1-3-10-17/h1-13H,14,22H2,(H,23,25)(H,24,26). The van der Waals surface area contributed by atoms with E-state index in [1.165, 1.54) is 0 Å². The SMILES string of the molecule is Nc1ccccc1CC(=O)Nc1cccc(C(=O)Nc2ccccc2)c1. The van der Waals surface area contributed by atoms with Crippen LogP contribution in [0.1, 0.15) is 15.9 Å². The van der Waals surface area contributed by atoms with Crippen molar-refractivity contribution >= 4 is 28.9 Å². The third-order valence-electron chi connectivity index (χ3n) is 3.85. The Labute approximate surface area is 151 Å². The van der Waals surface area contributed by atoms with Crippen molar-refractivity contribution in [3.05, 3.63) is 90.0 Å². The molecule has 5 nitrogen and oxygen atoms in total. The summed E-state index contributed by atoms with van der Waals surface area (Å²) in [7, 11) is 0. The maximum atomic E-state index is 12.3. The summed E-state index contributed by atoms with van der Waals surface area (Å²) < 4.78 is 0. The third kappa shape index (κ3) is 4.48. The van der Waals surface area contributed by atoms with Crippen LogP contribution in [-0.4, -0.2) is 11.8 Å². The van der Waals surface area contributed by atoms with Gasteiger partial charge in [0.2, 0.25) is 5.91 Å². The molecule has 0 unspecified atom stereocenters. The summed E-state index contributed by atoms with van der Waals surface area (Å²) in [4.78, 5) is 24.6. The summed E-state index contributed by atoms with van der Waals surface area (Å²) in [6.07, 6.45) is 0.174. The van der Waals surface area contributed by atoms with Gasteiger partial charge in [0.05, 0.1) is 6.42 Å². The first-order chi connectivity index (χ1) is 12.6. The topological polar surface area (TPSA) is 84.2 Å². The molecule has 0 bridgehead atoms. The zero-order valence-corrected chi connectivity index (χ0v) is 14.1. The van der Waals surface area contributed by atoms with E-state index in [1.807, 2.05) is 48.5 Å². The van der Waals surface area contributed by atoms with Crippen LogP contribution in [0.25, 0.3) is 0 Å². The van der Waals surface area contributed by atoms with Crippen LogP contribution < -0.4 is 16.4 Å². The van der Waals surface area contributed by atoms with Gasteiger partial charge in [-0.25, -0.2) is 0 Å². The number of para-hydroxylation sites is 2. The average Bonchev–Trinajstić information content (AvgIpc) is 2.64. The number of nitrogen functional groups attached to an aromatic ring is 1. The van der Waals surface area contributed by atoms with Crippen molar-refractivity contribution < 1.29 is 9.59 Å². The van der Waals surface area contributed by atoms with Crippen molar-refractivity contribution in [1.29, 1.82) is 0 Å². The third-order valence-corrected chi connectivity index (χ3v) is 3.85. The lowest BCUT2D eigenvalue weighted by atomic mass is 10.1. The lowest BCUT2D eigenvalue weighted by Gasteiger charge is -2.09. The molecular weight excluding hydrogens is 326 g/mol. The molecule has 0 saturated carbocycles. The fourth-order valence-corrected chi connectivity index (χ4v) is 2.54. The van der Waals surface area contributed by atoms with Gasteiger partial charge in [-0.1, -0.05) is 42.5 Å². The van der Waals surface area contributed by atoms with E-state index >= 15 is 0 Å². The molecule has 3 rings (SSSR count). The molecular formula is C21H19N3O2. The molecule has 0 radical (unpaired) electrons. The lowest BCUT2D eigenvalue weighted by Crippen LogP contribution is -2.16. The molecule has 0 aliphatic heterocycles. The summed E-state index contributed by atoms with van der Waals surface area (Å²) in [5, 5.41) is 5.62. The highest BCUT2D eigenvalue weighted by Crippen LogP contribution is 2.15. The zero-order valence-electron chi connectivity index (χ0n) is 14.1. The van der Waals surface area contributed by atoms with E-state index in [2.05, 4.69) is 10.6 Å². The van der Waals surface area contributed by atoms with Gasteiger partial charge in [0.15, 0.2) is 0 Å². The number of hydrogen-bond donors (Lipinski definition) is 3. The number of hydrogen-bond acceptors (Lipinski definition) is 3. The Morgan fingerprint density at radius 3 is 2.23 bits per heavy atom. The minimum absolute atomic E-state index is 0.174. The van der Waals surface area contributed by atoms with Crippen molar-refractivity contribution in [3.63, 3.8) is 0 Å². The molecule has 0 aromatic heterocycles. The van der Waals surface area contributed by atoms with E-state index in [-0.39, 0.29) is 18.2 Å². The smallest absolute Gasteiger partial charge is 0.255 e. The predicted octanol–water partition coefficient (Wildman–Crippen LogP) is 3.70. The summed E-state index contributed by atoms with van der Waals surface area (Å²) in [5.74, 6) is -0.428. The van der Waals surface area contributed by atoms with Gasteiger partial charge in [-0.2, -0.15) is 0 Å². The summed E-state index contributed by atoms with van der Waals surface area (Å²) in [6, 6.07) is 23.3. The van der Waals surface area contributed by atoms with Crippen LogP contribution in [0.15, 0.2) is 78.9 Å². The Balaban J connectivity index is 1.66. The second-order valence-electron chi connectivity index (χ2n) is 5.82. The van der Waals surface area contributed by atoms with Gasteiger partial charge in [0.25, 0.3) is 5.91 Å². The van der Waals surface area contributed by atoms with Gasteiger partial charge in [-0.3, -0.25) is 9.59 Å². The van der Waals surface area contributed by atoms with Crippen LogP contribution in [0.5, 0.6) is 0 Å². The molecule has 0 saturated heterocycles. The van der Waals surface area contributed by atoms with E-state index in [0.717, 1.165) is 5.56 Å². The van der Waals surface area contributed by atoms with Gasteiger partial charge in [-0.05, 0) is 42.0 Å². The molecule has 0 fully saturated rings. The first-order valence-corrected chi connectivity index (χ1v) is 8.21. The fourth-order valence-electron chi connectivity index (χ4n) is 2.54. The molecule has 0 aliphatic carbocycles. The Morgan fingerprint density at radius 1 is 0.769 bits per heavy atom. The lowest BCUT2D eigenvalue weighted by molar-refractivity contribution is -0.115. The van der Waals surface area contributed by atoms with E-state index < -0.39 is 0 Å². The number of nitrogens with two attached hydrogens (primary N) is 1. The fraction of sp³-hybridized carbons (Fsp3) is 0.0476. The number of carbonyl (C=O) groups is 2. The quantitative estimate of drug-likeness (QED) is 0.617. The molecule has 0 atom stereocenters. The number of amides is 2. The summed E-state index contributed by atoms with van der Waals surface area (Å²) in [6.45, 7) is 0. The van der Waals surface area contributed by atoms with Crippen LogP contribution >= 0.6 is 0 Å². The van der Waals surface area contributed by atoms with Crippen LogP contribution in [-0.2, 0) is 11.2 Å². The number of carbonyl (C=O) groups excluding carboxylic acids is 2. The number of benzene rings is 3. The molecule has 3 aromatic carbocycles. The van der Waals surface area contributed by atoms with Gasteiger partial charge in [-0.15, -0.1) is 0 Å². The van der Waals surface area contributed by atoms with Crippen LogP contribution in [0, 0.1) is 0 Å². The molecule has 130 valence electrons. The monoisotopic (exact) mass is 345 g/mol. The molecule has 5 heteroatoms. The average molecular weight is 345 g/mol. The molecule has 0 heterocycles. The maximum absolute atomic E-state index is 12.3. The molecule has 26 heavy (non-hydrogen) atoms. The highest BCUT2D eigenvalue weighted by Gasteiger charge is 2.10. The van der Waals surface area contributed by atoms with Gasteiger partial charge in [0, 0.05) is 22.6 Å². The first-order valence-electron chi connectivity index (χ1n) is 8.21. The highest BCUT2D eigenvalue weighted by atomic mass is 16.2. The van der Waals surface area contributed by atoms with Crippen molar-refractivity contribution in [2.24, 2.45) is 0 Å². The van der Waals surface area contributed by atoms with Crippen LogP contribution in [0.2, 0.25) is 0 Å². The number of anilines is 3. The van der Waals surface area contributed by atoms with E-state index in [4.69, 9.17) is 5.73 Å². The van der Waals surface area contributed by atoms with Gasteiger partial charge < -0.3 is 16.4 Å². The Morgan fingerprint density at radius 2 is 1.46 bits per heavy atom. The van der Waals surface area contributed by atoms with Crippen LogP contribution in [0.3, 0.4) is 0 Å². The van der Waals surface area contributed by atoms with Crippen molar-refractivity contribution in [1.82, 2.24) is 0 Å². The predicted molar refractivity (Wildman–Crippen MR) is 104 cm³/mol. The maximum Gasteiger partial charge on any atom is 0.255 e.